The van der Waals surface area contributed by atoms with Gasteiger partial charge in [-0.3, -0.25) is 4.79 Å². The van der Waals surface area contributed by atoms with Crippen LogP contribution in [0.3, 0.4) is 0 Å². The third-order valence-electron chi connectivity index (χ3n) is 3.33. The van der Waals surface area contributed by atoms with Gasteiger partial charge >= 0.3 is 0 Å². The average Bonchev–Trinajstić information content (AvgIpc) is 2.87. The second-order valence-electron chi connectivity index (χ2n) is 4.79. The van der Waals surface area contributed by atoms with Gasteiger partial charge in [-0.25, -0.2) is 8.91 Å². The molecule has 0 radical (unpaired) electrons. The van der Waals surface area contributed by atoms with Crippen molar-refractivity contribution < 1.29 is 9.18 Å². The number of nitrogens with one attached hydrogen (secondary N) is 1. The van der Waals surface area contributed by atoms with Crippen molar-refractivity contribution in [2.45, 2.75) is 6.42 Å². The van der Waals surface area contributed by atoms with Crippen molar-refractivity contribution in [2.24, 2.45) is 0 Å². The summed E-state index contributed by atoms with van der Waals surface area (Å²) in [7, 11) is 0. The average molecular weight is 318 g/mol. The molecular weight excluding hydrogens is 305 g/mol. The molecule has 0 aliphatic rings. The molecule has 112 valence electrons. The Balaban J connectivity index is 1.69. The molecule has 1 aromatic carbocycles. The number of benzene rings is 1. The summed E-state index contributed by atoms with van der Waals surface area (Å²) in [5.41, 5.74) is 1.40. The van der Waals surface area contributed by atoms with E-state index in [1.165, 1.54) is 6.07 Å². The molecule has 1 amide bonds. The van der Waals surface area contributed by atoms with Crippen molar-refractivity contribution in [2.75, 3.05) is 6.54 Å². The minimum Gasteiger partial charge on any atom is -0.350 e. The van der Waals surface area contributed by atoms with E-state index in [-0.39, 0.29) is 17.4 Å². The van der Waals surface area contributed by atoms with E-state index in [0.29, 0.717) is 29.1 Å². The molecule has 1 N–H and O–H groups in total. The number of halogens is 2. The maximum absolute atomic E-state index is 13.5. The number of nitrogens with zero attached hydrogens (tertiary/aromatic N) is 2. The van der Waals surface area contributed by atoms with Crippen LogP contribution in [0.5, 0.6) is 0 Å². The van der Waals surface area contributed by atoms with Crippen LogP contribution < -0.4 is 5.32 Å². The molecule has 0 saturated heterocycles. The highest BCUT2D eigenvalue weighted by molar-refractivity contribution is 6.36. The molecule has 0 spiro atoms. The highest BCUT2D eigenvalue weighted by Gasteiger charge is 2.17. The second-order valence-corrected chi connectivity index (χ2v) is 5.17. The molecule has 4 nitrogen and oxygen atoms in total. The Labute approximate surface area is 131 Å². The van der Waals surface area contributed by atoms with Crippen molar-refractivity contribution in [3.05, 3.63) is 70.8 Å². The first-order valence-electron chi connectivity index (χ1n) is 6.81. The van der Waals surface area contributed by atoms with E-state index in [9.17, 15) is 9.18 Å². The lowest BCUT2D eigenvalue weighted by molar-refractivity contribution is 0.0949. The summed E-state index contributed by atoms with van der Waals surface area (Å²) in [6, 6.07) is 11.9. The smallest absolute Gasteiger partial charge is 0.273 e. The van der Waals surface area contributed by atoms with Gasteiger partial charge in [0.25, 0.3) is 5.91 Å². The number of hydrogen-bond donors (Lipinski definition) is 1. The quantitative estimate of drug-likeness (QED) is 0.803. The van der Waals surface area contributed by atoms with Gasteiger partial charge in [-0.05, 0) is 30.2 Å². The van der Waals surface area contributed by atoms with Crippen LogP contribution in [0.1, 0.15) is 16.1 Å². The Kier molecular flexibility index (Phi) is 4.06. The van der Waals surface area contributed by atoms with E-state index < -0.39 is 0 Å². The summed E-state index contributed by atoms with van der Waals surface area (Å²) < 4.78 is 15.0. The topological polar surface area (TPSA) is 46.4 Å². The van der Waals surface area contributed by atoms with Crippen LogP contribution in [-0.4, -0.2) is 22.1 Å². The second kappa shape index (κ2) is 6.15. The molecule has 3 rings (SSSR count). The predicted molar refractivity (Wildman–Crippen MR) is 82.6 cm³/mol. The molecule has 0 atom stereocenters. The van der Waals surface area contributed by atoms with Crippen LogP contribution in [0, 0.1) is 5.82 Å². The predicted octanol–water partition coefficient (Wildman–Crippen LogP) is 3.10. The molecular formula is C16H13ClFN3O. The summed E-state index contributed by atoms with van der Waals surface area (Å²) in [6.45, 7) is 0.309. The molecule has 22 heavy (non-hydrogen) atoms. The van der Waals surface area contributed by atoms with Crippen LogP contribution >= 0.6 is 11.6 Å². The van der Waals surface area contributed by atoms with Gasteiger partial charge in [0.15, 0.2) is 5.69 Å². The lowest BCUT2D eigenvalue weighted by Crippen LogP contribution is -2.26. The first kappa shape index (κ1) is 14.5. The van der Waals surface area contributed by atoms with E-state index in [0.717, 1.165) is 0 Å². The number of pyridine rings is 1. The summed E-state index contributed by atoms with van der Waals surface area (Å²) in [5.74, 6) is -0.646. The van der Waals surface area contributed by atoms with Gasteiger partial charge in [-0.2, -0.15) is 5.10 Å². The van der Waals surface area contributed by atoms with Gasteiger partial charge in [0.1, 0.15) is 5.82 Å². The van der Waals surface area contributed by atoms with Gasteiger partial charge in [0.2, 0.25) is 0 Å². The van der Waals surface area contributed by atoms with Crippen LogP contribution in [-0.2, 0) is 6.42 Å². The van der Waals surface area contributed by atoms with E-state index >= 15 is 0 Å². The highest BCUT2D eigenvalue weighted by Crippen LogP contribution is 2.21. The van der Waals surface area contributed by atoms with E-state index in [1.807, 2.05) is 6.07 Å². The number of carbonyl (C=O) groups is 1. The zero-order valence-corrected chi connectivity index (χ0v) is 12.3. The van der Waals surface area contributed by atoms with Crippen LogP contribution in [0.4, 0.5) is 4.39 Å². The number of carbonyl (C=O) groups excluding carboxylic acids is 1. The number of hydrogen-bond acceptors (Lipinski definition) is 2. The maximum atomic E-state index is 13.5. The number of aromatic nitrogens is 2. The number of rotatable bonds is 4. The minimum atomic E-state index is -0.370. The Hall–Kier alpha value is -2.40. The van der Waals surface area contributed by atoms with E-state index in [2.05, 4.69) is 10.4 Å². The third kappa shape index (κ3) is 2.80. The van der Waals surface area contributed by atoms with Crippen molar-refractivity contribution >= 4 is 23.0 Å². The SMILES string of the molecule is O=C(NCCc1ccccc1F)c1nn2ccccc2c1Cl. The fourth-order valence-corrected chi connectivity index (χ4v) is 2.48. The Bertz CT molecular complexity index is 831. The van der Waals surface area contributed by atoms with Crippen molar-refractivity contribution in [3.63, 3.8) is 0 Å². The molecule has 0 aliphatic carbocycles. The minimum absolute atomic E-state index is 0.168. The number of fused-ring (bicyclic) bond motifs is 1. The molecule has 2 heterocycles. The molecule has 0 aliphatic heterocycles. The van der Waals surface area contributed by atoms with E-state index in [4.69, 9.17) is 11.6 Å². The van der Waals surface area contributed by atoms with Crippen molar-refractivity contribution in [3.8, 4) is 0 Å². The first-order chi connectivity index (χ1) is 10.7. The summed E-state index contributed by atoms with van der Waals surface area (Å²) in [6.07, 6.45) is 2.13. The zero-order chi connectivity index (χ0) is 15.5. The van der Waals surface area contributed by atoms with Crippen molar-refractivity contribution in [1.29, 1.82) is 0 Å². The lowest BCUT2D eigenvalue weighted by Gasteiger charge is -2.04. The van der Waals surface area contributed by atoms with Gasteiger partial charge in [0.05, 0.1) is 10.5 Å². The Morgan fingerprint density at radius 1 is 1.23 bits per heavy atom. The van der Waals surface area contributed by atoms with Gasteiger partial charge < -0.3 is 5.32 Å². The molecule has 0 bridgehead atoms. The maximum Gasteiger partial charge on any atom is 0.273 e. The van der Waals surface area contributed by atoms with Gasteiger partial charge in [-0.1, -0.05) is 35.9 Å². The standard InChI is InChI=1S/C16H13ClFN3O/c17-14-13-7-3-4-10-21(13)20-15(14)16(22)19-9-8-11-5-1-2-6-12(11)18/h1-7,10H,8-9H2,(H,19,22). The fraction of sp³-hybridized carbons (Fsp3) is 0.125. The lowest BCUT2D eigenvalue weighted by atomic mass is 10.1. The summed E-state index contributed by atoms with van der Waals surface area (Å²) in [4.78, 5) is 12.1. The molecule has 0 fully saturated rings. The summed E-state index contributed by atoms with van der Waals surface area (Å²) >= 11 is 6.17. The molecule has 2 aromatic heterocycles. The Morgan fingerprint density at radius 2 is 2.00 bits per heavy atom. The highest BCUT2D eigenvalue weighted by atomic mass is 35.5. The van der Waals surface area contributed by atoms with Crippen LogP contribution in [0.15, 0.2) is 48.7 Å². The van der Waals surface area contributed by atoms with Gasteiger partial charge in [-0.15, -0.1) is 0 Å². The number of amides is 1. The fourth-order valence-electron chi connectivity index (χ4n) is 2.21. The molecule has 0 saturated carbocycles. The Morgan fingerprint density at radius 3 is 2.77 bits per heavy atom. The molecule has 6 heteroatoms. The van der Waals surface area contributed by atoms with Crippen LogP contribution in [0.25, 0.3) is 5.52 Å². The largest absolute Gasteiger partial charge is 0.350 e. The molecule has 3 aromatic rings. The third-order valence-corrected chi connectivity index (χ3v) is 3.71. The summed E-state index contributed by atoms with van der Waals surface area (Å²) in [5, 5.41) is 7.17. The van der Waals surface area contributed by atoms with Crippen molar-refractivity contribution in [1.82, 2.24) is 14.9 Å². The molecule has 0 unspecified atom stereocenters. The van der Waals surface area contributed by atoms with E-state index in [1.54, 1.807) is 41.0 Å². The normalized spacial score (nSPS) is 10.8. The van der Waals surface area contributed by atoms with Gasteiger partial charge in [0, 0.05) is 12.7 Å². The first-order valence-corrected chi connectivity index (χ1v) is 7.19. The zero-order valence-electron chi connectivity index (χ0n) is 11.6. The van der Waals surface area contributed by atoms with Crippen LogP contribution in [0.2, 0.25) is 5.02 Å². The monoisotopic (exact) mass is 317 g/mol.